The second kappa shape index (κ2) is 11.1. The van der Waals surface area contributed by atoms with Gasteiger partial charge in [-0.2, -0.15) is 0 Å². The van der Waals surface area contributed by atoms with Gasteiger partial charge >= 0.3 is 11.9 Å². The number of hydrogen-bond acceptors (Lipinski definition) is 5. The molecule has 232 valence electrons. The topological polar surface area (TPSA) is 72.8 Å². The molecule has 12 unspecified atom stereocenters. The van der Waals surface area contributed by atoms with E-state index in [0.29, 0.717) is 48.0 Å². The standard InChI is InChI=1S/C36H58O5/c1-7-35(3,4)31-25-18-26(32(31)36(5,6)8-2)28-24-17-23(27(25)28)29(33(38)40-13-12-37)30(24)34(39)41-19-22-15-20-10-9-11-21(14-20)16-22/h20-32,37H,7-19H2,1-6H3. The van der Waals surface area contributed by atoms with Crippen LogP contribution in [0.25, 0.3) is 0 Å². The van der Waals surface area contributed by atoms with Crippen molar-refractivity contribution in [3.8, 4) is 0 Å². The largest absolute Gasteiger partial charge is 0.465 e. The Morgan fingerprint density at radius 3 is 1.68 bits per heavy atom. The average molecular weight is 571 g/mol. The van der Waals surface area contributed by atoms with Crippen LogP contribution in [0.2, 0.25) is 0 Å². The molecule has 0 saturated heterocycles. The van der Waals surface area contributed by atoms with Gasteiger partial charge in [0.05, 0.1) is 25.0 Å². The maximum absolute atomic E-state index is 14.0. The second-order valence-electron chi connectivity index (χ2n) is 16.8. The predicted molar refractivity (Wildman–Crippen MR) is 159 cm³/mol. The zero-order valence-electron chi connectivity index (χ0n) is 26.8. The van der Waals surface area contributed by atoms with Gasteiger partial charge in [-0.15, -0.1) is 0 Å². The molecule has 0 spiro atoms. The lowest BCUT2D eigenvalue weighted by Crippen LogP contribution is -2.53. The smallest absolute Gasteiger partial charge is 0.310 e. The fourth-order valence-corrected chi connectivity index (χ4v) is 12.4. The molecule has 41 heavy (non-hydrogen) atoms. The average Bonchev–Trinajstić information content (AvgIpc) is 3.72. The first-order valence-corrected chi connectivity index (χ1v) is 17.5. The molecule has 0 radical (unpaired) electrons. The van der Waals surface area contributed by atoms with E-state index in [4.69, 9.17) is 9.47 Å². The molecule has 0 aliphatic heterocycles. The Bertz CT molecular complexity index is 974. The Kier molecular flexibility index (Phi) is 8.12. The van der Waals surface area contributed by atoms with Gasteiger partial charge in [-0.05, 0) is 108 Å². The lowest BCUT2D eigenvalue weighted by Gasteiger charge is -2.55. The van der Waals surface area contributed by atoms with Crippen molar-refractivity contribution in [2.75, 3.05) is 19.8 Å². The molecule has 5 heteroatoms. The molecule has 0 aromatic heterocycles. The molecule has 6 saturated carbocycles. The van der Waals surface area contributed by atoms with Crippen molar-refractivity contribution < 1.29 is 24.2 Å². The highest BCUT2D eigenvalue weighted by atomic mass is 16.5. The highest BCUT2D eigenvalue weighted by Crippen LogP contribution is 2.76. The van der Waals surface area contributed by atoms with Crippen LogP contribution in [0.15, 0.2) is 0 Å². The van der Waals surface area contributed by atoms with Crippen LogP contribution >= 0.6 is 0 Å². The summed E-state index contributed by atoms with van der Waals surface area (Å²) in [6, 6.07) is 0. The summed E-state index contributed by atoms with van der Waals surface area (Å²) in [7, 11) is 0. The summed E-state index contributed by atoms with van der Waals surface area (Å²) in [5.41, 5.74) is 0.519. The Morgan fingerprint density at radius 1 is 0.707 bits per heavy atom. The third kappa shape index (κ3) is 4.91. The normalized spacial score (nSPS) is 44.6. The third-order valence-electron chi connectivity index (χ3n) is 14.3. The zero-order chi connectivity index (χ0) is 29.3. The first-order valence-electron chi connectivity index (χ1n) is 17.5. The van der Waals surface area contributed by atoms with Gasteiger partial charge in [0.2, 0.25) is 0 Å². The van der Waals surface area contributed by atoms with E-state index in [2.05, 4.69) is 41.5 Å². The van der Waals surface area contributed by atoms with Gasteiger partial charge in [0, 0.05) is 0 Å². The third-order valence-corrected chi connectivity index (χ3v) is 14.3. The van der Waals surface area contributed by atoms with E-state index in [-0.39, 0.29) is 53.7 Å². The number of ether oxygens (including phenoxy) is 2. The summed E-state index contributed by atoms with van der Waals surface area (Å²) >= 11 is 0. The summed E-state index contributed by atoms with van der Waals surface area (Å²) in [6.45, 7) is 15.0. The molecule has 1 N–H and O–H groups in total. The van der Waals surface area contributed by atoms with Crippen LogP contribution in [0.5, 0.6) is 0 Å². The van der Waals surface area contributed by atoms with Gasteiger partial charge in [0.1, 0.15) is 6.61 Å². The van der Waals surface area contributed by atoms with E-state index in [1.54, 1.807) is 0 Å². The van der Waals surface area contributed by atoms with Crippen molar-refractivity contribution in [1.82, 2.24) is 0 Å². The molecular weight excluding hydrogens is 512 g/mol. The molecule has 5 nitrogen and oxygen atoms in total. The lowest BCUT2D eigenvalue weighted by molar-refractivity contribution is -0.171. The molecule has 6 aliphatic carbocycles. The highest BCUT2D eigenvalue weighted by molar-refractivity contribution is 5.84. The molecule has 6 fully saturated rings. The summed E-state index contributed by atoms with van der Waals surface area (Å²) in [6.07, 6.45) is 12.4. The van der Waals surface area contributed by atoms with Crippen LogP contribution in [0.3, 0.4) is 0 Å². The number of rotatable bonds is 10. The first kappa shape index (κ1) is 29.9. The number of aliphatic hydroxyl groups is 1. The molecule has 6 aliphatic rings. The predicted octanol–water partition coefficient (Wildman–Crippen LogP) is 7.15. The van der Waals surface area contributed by atoms with Gasteiger partial charge in [-0.3, -0.25) is 9.59 Å². The van der Waals surface area contributed by atoms with E-state index in [1.165, 1.54) is 57.8 Å². The molecule has 6 bridgehead atoms. The molecule has 0 aromatic carbocycles. The van der Waals surface area contributed by atoms with Crippen molar-refractivity contribution in [2.45, 2.75) is 106 Å². The minimum absolute atomic E-state index is 0.0116. The van der Waals surface area contributed by atoms with Crippen LogP contribution in [0.1, 0.15) is 106 Å². The minimum Gasteiger partial charge on any atom is -0.465 e. The summed E-state index contributed by atoms with van der Waals surface area (Å²) in [4.78, 5) is 27.6. The highest BCUT2D eigenvalue weighted by Gasteiger charge is 2.74. The molecule has 0 heterocycles. The van der Waals surface area contributed by atoms with Crippen LogP contribution in [-0.2, 0) is 19.1 Å². The van der Waals surface area contributed by atoms with Crippen molar-refractivity contribution >= 4 is 11.9 Å². The fourth-order valence-electron chi connectivity index (χ4n) is 12.4. The summed E-state index contributed by atoms with van der Waals surface area (Å²) in [5, 5.41) is 9.41. The SMILES string of the molecule is CCC(C)(C)C1C2CC(C3C4CC(C(C(=O)OCCO)C4C(=O)OCC4CC5CCCC(C5)C4)C23)C1C(C)(C)CC. The monoisotopic (exact) mass is 570 g/mol. The van der Waals surface area contributed by atoms with E-state index in [9.17, 15) is 14.7 Å². The Balaban J connectivity index is 1.26. The number of esters is 2. The maximum Gasteiger partial charge on any atom is 0.310 e. The molecule has 0 amide bonds. The maximum atomic E-state index is 14.0. The summed E-state index contributed by atoms with van der Waals surface area (Å²) in [5.74, 6) is 4.95. The van der Waals surface area contributed by atoms with Crippen molar-refractivity contribution in [1.29, 1.82) is 0 Å². The fraction of sp³-hybridized carbons (Fsp3) is 0.944. The van der Waals surface area contributed by atoms with E-state index >= 15 is 0 Å². The van der Waals surface area contributed by atoms with Gasteiger partial charge < -0.3 is 14.6 Å². The van der Waals surface area contributed by atoms with Crippen LogP contribution < -0.4 is 0 Å². The second-order valence-corrected chi connectivity index (χ2v) is 16.8. The number of carbonyl (C=O) groups excluding carboxylic acids is 2. The Morgan fingerprint density at radius 2 is 1.20 bits per heavy atom. The quantitative estimate of drug-likeness (QED) is 0.223. The minimum atomic E-state index is -0.409. The summed E-state index contributed by atoms with van der Waals surface area (Å²) < 4.78 is 11.8. The Hall–Kier alpha value is -1.10. The van der Waals surface area contributed by atoms with Gasteiger partial charge in [-0.1, -0.05) is 73.6 Å². The zero-order valence-corrected chi connectivity index (χ0v) is 26.8. The number of hydrogen-bond donors (Lipinski definition) is 1. The van der Waals surface area contributed by atoms with Crippen LogP contribution in [0, 0.1) is 87.8 Å². The first-order chi connectivity index (χ1) is 19.5. The van der Waals surface area contributed by atoms with Crippen LogP contribution in [0.4, 0.5) is 0 Å². The number of carbonyl (C=O) groups is 2. The Labute approximate surface area is 249 Å². The van der Waals surface area contributed by atoms with Gasteiger partial charge in [-0.25, -0.2) is 0 Å². The van der Waals surface area contributed by atoms with E-state index < -0.39 is 5.92 Å². The van der Waals surface area contributed by atoms with E-state index in [0.717, 1.165) is 18.3 Å². The molecule has 6 rings (SSSR count). The van der Waals surface area contributed by atoms with Gasteiger partial charge in [0.15, 0.2) is 0 Å². The molecular formula is C36H58O5. The van der Waals surface area contributed by atoms with Crippen molar-refractivity contribution in [3.05, 3.63) is 0 Å². The van der Waals surface area contributed by atoms with Crippen molar-refractivity contribution in [3.63, 3.8) is 0 Å². The lowest BCUT2D eigenvalue weighted by atomic mass is 9.50. The van der Waals surface area contributed by atoms with Crippen molar-refractivity contribution in [2.24, 2.45) is 87.8 Å². The van der Waals surface area contributed by atoms with Gasteiger partial charge in [0.25, 0.3) is 0 Å². The van der Waals surface area contributed by atoms with Crippen LogP contribution in [-0.4, -0.2) is 36.9 Å². The molecule has 12 atom stereocenters. The molecule has 0 aromatic rings. The number of fused-ring (bicyclic) bond motifs is 11. The number of aliphatic hydroxyl groups excluding tert-OH is 1. The van der Waals surface area contributed by atoms with E-state index in [1.807, 2.05) is 0 Å².